The van der Waals surface area contributed by atoms with Crippen molar-refractivity contribution in [3.8, 4) is 5.75 Å². The first kappa shape index (κ1) is 25.4. The minimum Gasteiger partial charge on any atom is -0.488 e. The number of nitrogens with zero attached hydrogens (tertiary/aromatic N) is 1. The topological polar surface area (TPSA) is 99.8 Å². The van der Waals surface area contributed by atoms with Crippen molar-refractivity contribution in [3.63, 3.8) is 0 Å². The minimum atomic E-state index is -0.865. The van der Waals surface area contributed by atoms with Crippen LogP contribution in [0.25, 0.3) is 6.08 Å². The Bertz CT molecular complexity index is 1100. The second kappa shape index (κ2) is 11.4. The van der Waals surface area contributed by atoms with Gasteiger partial charge >= 0.3 is 0 Å². The molecule has 0 spiro atoms. The second-order valence-corrected chi connectivity index (χ2v) is 9.59. The van der Waals surface area contributed by atoms with Gasteiger partial charge in [-0.05, 0) is 42.3 Å². The summed E-state index contributed by atoms with van der Waals surface area (Å²) in [5, 5.41) is 8.80. The number of amides is 3. The molecule has 4 atom stereocenters. The van der Waals surface area contributed by atoms with Crippen LogP contribution in [0.5, 0.6) is 5.75 Å². The van der Waals surface area contributed by atoms with Gasteiger partial charge in [0.1, 0.15) is 23.9 Å². The average molecular weight is 491 g/mol. The zero-order valence-corrected chi connectivity index (χ0v) is 20.9. The summed E-state index contributed by atoms with van der Waals surface area (Å²) >= 11 is 0. The van der Waals surface area contributed by atoms with E-state index in [0.29, 0.717) is 25.1 Å². The third-order valence-corrected chi connectivity index (χ3v) is 6.72. The summed E-state index contributed by atoms with van der Waals surface area (Å²) in [5.74, 6) is -0.221. The first-order chi connectivity index (χ1) is 17.4. The smallest absolute Gasteiger partial charge is 0.247 e. The van der Waals surface area contributed by atoms with Crippen LogP contribution in [0, 0.1) is 5.92 Å². The Morgan fingerprint density at radius 1 is 1.08 bits per heavy atom. The quantitative estimate of drug-likeness (QED) is 0.596. The fraction of sp³-hybridized carbons (Fsp3) is 0.393. The van der Waals surface area contributed by atoms with E-state index in [0.717, 1.165) is 11.1 Å². The molecule has 8 nitrogen and oxygen atoms in total. The maximum absolute atomic E-state index is 13.8. The fourth-order valence-electron chi connectivity index (χ4n) is 4.83. The second-order valence-electron chi connectivity index (χ2n) is 9.59. The first-order valence-electron chi connectivity index (χ1n) is 12.4. The largest absolute Gasteiger partial charge is 0.488 e. The van der Waals surface area contributed by atoms with Crippen LogP contribution in [0.2, 0.25) is 0 Å². The van der Waals surface area contributed by atoms with Crippen molar-refractivity contribution in [2.45, 2.75) is 50.9 Å². The molecule has 1 fully saturated rings. The van der Waals surface area contributed by atoms with Crippen LogP contribution >= 0.6 is 0 Å². The molecule has 3 amide bonds. The van der Waals surface area contributed by atoms with E-state index in [1.54, 1.807) is 24.2 Å². The molecule has 8 heteroatoms. The highest BCUT2D eigenvalue weighted by Gasteiger charge is 2.46. The summed E-state index contributed by atoms with van der Waals surface area (Å²) in [7, 11) is 1.75. The lowest BCUT2D eigenvalue weighted by Crippen LogP contribution is -2.59. The van der Waals surface area contributed by atoms with Crippen LogP contribution in [-0.4, -0.2) is 60.4 Å². The van der Waals surface area contributed by atoms with Crippen molar-refractivity contribution in [2.24, 2.45) is 5.92 Å². The van der Waals surface area contributed by atoms with Gasteiger partial charge in [0, 0.05) is 25.6 Å². The molecule has 2 aromatic carbocycles. The van der Waals surface area contributed by atoms with Crippen LogP contribution < -0.4 is 20.7 Å². The van der Waals surface area contributed by atoms with E-state index in [2.05, 4.69) is 16.0 Å². The molecule has 3 aliphatic rings. The molecule has 0 radical (unpaired) electrons. The maximum Gasteiger partial charge on any atom is 0.247 e. The van der Waals surface area contributed by atoms with Crippen LogP contribution in [0.1, 0.15) is 31.4 Å². The molecule has 3 N–H and O–H groups in total. The number of ether oxygens (including phenoxy) is 1. The summed E-state index contributed by atoms with van der Waals surface area (Å²) in [4.78, 5) is 42.0. The number of rotatable bonds is 5. The van der Waals surface area contributed by atoms with Gasteiger partial charge in [0.05, 0.1) is 6.04 Å². The van der Waals surface area contributed by atoms with E-state index in [9.17, 15) is 14.4 Å². The van der Waals surface area contributed by atoms with Gasteiger partial charge in [0.15, 0.2) is 0 Å². The minimum absolute atomic E-state index is 0.0416. The molecule has 190 valence electrons. The molecule has 4 unspecified atom stereocenters. The number of likely N-dealkylation sites (N-methyl/N-ethyl adjacent to an activating group) is 1. The van der Waals surface area contributed by atoms with Crippen molar-refractivity contribution >= 4 is 23.8 Å². The SMILES string of the molecule is CNC(C(=O)N1CCC2Oc3ccc(cc3)C=CNC(=O)C(Cc3ccccc3)NC(=O)C21)C(C)C. The molecule has 0 saturated carbocycles. The predicted octanol–water partition coefficient (Wildman–Crippen LogP) is 2.11. The molecule has 5 rings (SSSR count). The number of nitrogens with one attached hydrogen (secondary N) is 3. The summed E-state index contributed by atoms with van der Waals surface area (Å²) in [6, 6.07) is 14.8. The number of likely N-dealkylation sites (tertiary alicyclic amines) is 1. The van der Waals surface area contributed by atoms with Gasteiger partial charge < -0.3 is 25.6 Å². The van der Waals surface area contributed by atoms with Crippen LogP contribution in [0.3, 0.4) is 0 Å². The standard InChI is InChI=1S/C28H34N4O4/c1-18(2)24(29-3)28(35)32-16-14-23-25(32)27(34)31-22(17-20-7-5-4-6-8-20)26(33)30-15-13-19-9-11-21(36-23)12-10-19/h4-13,15,18,22-25,29H,14,16-17H2,1-3H3,(H,30,33)(H,31,34). The van der Waals surface area contributed by atoms with Gasteiger partial charge in [-0.3, -0.25) is 14.4 Å². The molecular weight excluding hydrogens is 456 g/mol. The Labute approximate surface area is 212 Å². The van der Waals surface area contributed by atoms with Crippen molar-refractivity contribution in [3.05, 3.63) is 71.9 Å². The third kappa shape index (κ3) is 5.76. The highest BCUT2D eigenvalue weighted by molar-refractivity contribution is 5.94. The lowest BCUT2D eigenvalue weighted by molar-refractivity contribution is -0.143. The van der Waals surface area contributed by atoms with E-state index >= 15 is 0 Å². The zero-order chi connectivity index (χ0) is 25.7. The first-order valence-corrected chi connectivity index (χ1v) is 12.4. The van der Waals surface area contributed by atoms with Gasteiger partial charge in [-0.25, -0.2) is 0 Å². The number of fused-ring (bicyclic) bond motifs is 7. The van der Waals surface area contributed by atoms with Crippen LogP contribution in [0.4, 0.5) is 0 Å². The number of carbonyl (C=O) groups excluding carboxylic acids is 3. The van der Waals surface area contributed by atoms with Gasteiger partial charge in [-0.15, -0.1) is 0 Å². The average Bonchev–Trinajstić information content (AvgIpc) is 3.28. The lowest BCUT2D eigenvalue weighted by Gasteiger charge is -2.32. The van der Waals surface area contributed by atoms with E-state index in [4.69, 9.17) is 4.74 Å². The summed E-state index contributed by atoms with van der Waals surface area (Å²) in [6.07, 6.45) is 3.65. The number of hydrogen-bond donors (Lipinski definition) is 3. The number of hydrogen-bond acceptors (Lipinski definition) is 5. The number of carbonyl (C=O) groups is 3. The van der Waals surface area contributed by atoms with Gasteiger partial charge in [0.2, 0.25) is 17.7 Å². The molecule has 1 saturated heterocycles. The van der Waals surface area contributed by atoms with E-state index in [1.165, 1.54) is 0 Å². The molecule has 36 heavy (non-hydrogen) atoms. The molecule has 3 heterocycles. The molecule has 3 aliphatic heterocycles. The third-order valence-electron chi connectivity index (χ3n) is 6.72. The monoisotopic (exact) mass is 490 g/mol. The molecule has 2 aromatic rings. The Hall–Kier alpha value is -3.65. The lowest BCUT2D eigenvalue weighted by atomic mass is 10.0. The summed E-state index contributed by atoms with van der Waals surface area (Å²) < 4.78 is 6.24. The Kier molecular flexibility index (Phi) is 8.05. The van der Waals surface area contributed by atoms with Crippen molar-refractivity contribution in [1.29, 1.82) is 0 Å². The maximum atomic E-state index is 13.8. The van der Waals surface area contributed by atoms with E-state index < -0.39 is 30.1 Å². The fourth-order valence-corrected chi connectivity index (χ4v) is 4.83. The Balaban J connectivity index is 1.68. The summed E-state index contributed by atoms with van der Waals surface area (Å²) in [5.41, 5.74) is 1.82. The van der Waals surface area contributed by atoms with Gasteiger partial charge in [-0.2, -0.15) is 0 Å². The van der Waals surface area contributed by atoms with E-state index in [-0.39, 0.29) is 17.7 Å². The molecule has 0 aliphatic carbocycles. The van der Waals surface area contributed by atoms with E-state index in [1.807, 2.05) is 68.4 Å². The zero-order valence-electron chi connectivity index (χ0n) is 20.9. The Morgan fingerprint density at radius 3 is 2.47 bits per heavy atom. The molecular formula is C28H34N4O4. The number of benzene rings is 2. The van der Waals surface area contributed by atoms with Crippen LogP contribution in [0.15, 0.2) is 60.8 Å². The normalized spacial score (nSPS) is 22.9. The van der Waals surface area contributed by atoms with Crippen LogP contribution in [-0.2, 0) is 20.8 Å². The van der Waals surface area contributed by atoms with Gasteiger partial charge in [0.25, 0.3) is 0 Å². The highest BCUT2D eigenvalue weighted by Crippen LogP contribution is 2.27. The van der Waals surface area contributed by atoms with Gasteiger partial charge in [-0.1, -0.05) is 56.3 Å². The van der Waals surface area contributed by atoms with Crippen molar-refractivity contribution in [1.82, 2.24) is 20.9 Å². The Morgan fingerprint density at radius 2 is 1.81 bits per heavy atom. The predicted molar refractivity (Wildman–Crippen MR) is 138 cm³/mol. The summed E-state index contributed by atoms with van der Waals surface area (Å²) in [6.45, 7) is 4.32. The molecule has 2 bridgehead atoms. The highest BCUT2D eigenvalue weighted by atomic mass is 16.5. The van der Waals surface area contributed by atoms with Crippen molar-refractivity contribution in [2.75, 3.05) is 13.6 Å². The van der Waals surface area contributed by atoms with Crippen molar-refractivity contribution < 1.29 is 19.1 Å². The molecule has 0 aromatic heterocycles.